The molecule has 0 N–H and O–H groups in total. The molecule has 0 amide bonds. The van der Waals surface area contributed by atoms with E-state index < -0.39 is 54.6 Å². The Morgan fingerprint density at radius 1 is 0.860 bits per heavy atom. The van der Waals surface area contributed by atoms with E-state index in [1.807, 2.05) is 0 Å². The van der Waals surface area contributed by atoms with Crippen molar-refractivity contribution < 1.29 is 47.6 Å². The highest BCUT2D eigenvalue weighted by molar-refractivity contribution is 5.77. The maximum atomic E-state index is 12.8. The van der Waals surface area contributed by atoms with Crippen LogP contribution in [0.5, 0.6) is 0 Å². The summed E-state index contributed by atoms with van der Waals surface area (Å²) in [4.78, 5) is 49.1. The maximum Gasteiger partial charge on any atom is 0.339 e. The predicted molar refractivity (Wildman–Crippen MR) is 153 cm³/mol. The fourth-order valence-corrected chi connectivity index (χ4v) is 9.03. The molecule has 1 aliphatic heterocycles. The van der Waals surface area contributed by atoms with Gasteiger partial charge in [0.25, 0.3) is 0 Å². The van der Waals surface area contributed by atoms with Crippen molar-refractivity contribution in [2.24, 2.45) is 28.6 Å². The van der Waals surface area contributed by atoms with Gasteiger partial charge in [-0.1, -0.05) is 37.6 Å². The Labute approximate surface area is 253 Å². The number of hydrogen-bond acceptors (Lipinski definition) is 10. The van der Waals surface area contributed by atoms with Gasteiger partial charge in [0.15, 0.2) is 30.7 Å². The van der Waals surface area contributed by atoms with Crippen molar-refractivity contribution in [3.8, 4) is 0 Å². The van der Waals surface area contributed by atoms with Crippen LogP contribution < -0.4 is 0 Å². The number of carbonyl (C=O) groups excluding carboxylic acids is 4. The van der Waals surface area contributed by atoms with Gasteiger partial charge in [0.05, 0.1) is 13.2 Å². The number of esters is 4. The Morgan fingerprint density at radius 2 is 1.47 bits per heavy atom. The monoisotopic (exact) mass is 602 g/mol. The van der Waals surface area contributed by atoms with Gasteiger partial charge in [-0.25, -0.2) is 4.79 Å². The lowest BCUT2D eigenvalue weighted by atomic mass is 9.48. The van der Waals surface area contributed by atoms with Crippen molar-refractivity contribution in [2.45, 2.75) is 123 Å². The molecule has 1 heterocycles. The van der Waals surface area contributed by atoms with Crippen molar-refractivity contribution in [3.05, 3.63) is 23.8 Å². The summed E-state index contributed by atoms with van der Waals surface area (Å²) >= 11 is 0. The first-order chi connectivity index (χ1) is 20.3. The molecule has 4 aliphatic carbocycles. The molecule has 238 valence electrons. The van der Waals surface area contributed by atoms with Crippen LogP contribution in [0.3, 0.4) is 0 Å². The average Bonchev–Trinajstić information content (AvgIpc) is 3.24. The Hall–Kier alpha value is -2.72. The molecule has 0 aromatic rings. The van der Waals surface area contributed by atoms with E-state index in [0.29, 0.717) is 24.2 Å². The van der Waals surface area contributed by atoms with Gasteiger partial charge < -0.3 is 28.4 Å². The first-order valence-corrected chi connectivity index (χ1v) is 15.6. The number of methoxy groups -OCH3 is 1. The highest BCUT2D eigenvalue weighted by Crippen LogP contribution is 2.66. The Morgan fingerprint density at radius 3 is 2.12 bits per heavy atom. The largest absolute Gasteiger partial charge is 0.467 e. The fraction of sp³-hybridized carbons (Fsp3) is 0.758. The molecule has 0 aromatic carbocycles. The van der Waals surface area contributed by atoms with Gasteiger partial charge in [0.1, 0.15) is 0 Å². The maximum absolute atomic E-state index is 12.8. The van der Waals surface area contributed by atoms with Gasteiger partial charge in [0.2, 0.25) is 0 Å². The molecule has 3 saturated carbocycles. The minimum absolute atomic E-state index is 0.0754. The number of fused-ring (bicyclic) bond motifs is 5. The molecule has 10 heteroatoms. The standard InChI is InChI=1S/C33H46O10/c1-17-8-11-24-23-10-9-21-16-22(12-14-33(21,6)25(23)13-15-32(17,24)5)42-31-29(41-20(4)36)27(40-19(3)35)26(39-18(2)34)28(43-31)30(37)38-7/h9,22-29,31H,1,8,10-16H2,2-7H3/t22-,23?,24?,25?,26?,27?,28?,29?,31?,32+,33-/m0/s1. The second kappa shape index (κ2) is 12.0. The minimum Gasteiger partial charge on any atom is -0.467 e. The molecule has 1 saturated heterocycles. The van der Waals surface area contributed by atoms with E-state index in [1.165, 1.54) is 51.4 Å². The molecular formula is C33H46O10. The smallest absolute Gasteiger partial charge is 0.339 e. The summed E-state index contributed by atoms with van der Waals surface area (Å²) in [6, 6.07) is 0. The van der Waals surface area contributed by atoms with Crippen LogP contribution in [0.15, 0.2) is 23.8 Å². The summed E-state index contributed by atoms with van der Waals surface area (Å²) in [6.07, 6.45) is 3.52. The molecule has 10 nitrogen and oxygen atoms in total. The van der Waals surface area contributed by atoms with E-state index >= 15 is 0 Å². The normalized spacial score (nSPS) is 42.0. The van der Waals surface area contributed by atoms with Crippen LogP contribution >= 0.6 is 0 Å². The highest BCUT2D eigenvalue weighted by atomic mass is 16.7. The number of hydrogen-bond donors (Lipinski definition) is 0. The Balaban J connectivity index is 1.38. The quantitative estimate of drug-likeness (QED) is 0.242. The summed E-state index contributed by atoms with van der Waals surface area (Å²) in [5.74, 6) is -1.02. The number of ether oxygens (including phenoxy) is 6. The van der Waals surface area contributed by atoms with E-state index in [9.17, 15) is 19.2 Å². The van der Waals surface area contributed by atoms with Gasteiger partial charge in [0, 0.05) is 20.8 Å². The minimum atomic E-state index is -1.46. The van der Waals surface area contributed by atoms with Crippen molar-refractivity contribution in [1.29, 1.82) is 0 Å². The van der Waals surface area contributed by atoms with Crippen LogP contribution in [0.1, 0.15) is 86.0 Å². The zero-order chi connectivity index (χ0) is 31.3. The molecule has 5 aliphatic rings. The zero-order valence-electron chi connectivity index (χ0n) is 26.2. The fourth-order valence-electron chi connectivity index (χ4n) is 9.03. The number of allylic oxidation sites excluding steroid dienone is 2. The molecule has 0 spiro atoms. The SMILES string of the molecule is C=C1CCC2C3CC=C4C[C@@H](OC5OC(C(=O)OC)C(OC(C)=O)C(OC(C)=O)C5OC(C)=O)CC[C@]4(C)C3CC[C@]12C. The third-order valence-corrected chi connectivity index (χ3v) is 11.2. The first kappa shape index (κ1) is 31.7. The lowest BCUT2D eigenvalue weighted by Crippen LogP contribution is -2.64. The van der Waals surface area contributed by atoms with Gasteiger partial charge in [-0.3, -0.25) is 14.4 Å². The van der Waals surface area contributed by atoms with E-state index in [4.69, 9.17) is 28.4 Å². The van der Waals surface area contributed by atoms with Crippen LogP contribution in [-0.4, -0.2) is 67.8 Å². The summed E-state index contributed by atoms with van der Waals surface area (Å²) in [5.41, 5.74) is 3.14. The topological polar surface area (TPSA) is 124 Å². The predicted octanol–water partition coefficient (Wildman–Crippen LogP) is 4.58. The van der Waals surface area contributed by atoms with Crippen LogP contribution in [0.25, 0.3) is 0 Å². The van der Waals surface area contributed by atoms with Crippen LogP contribution in [-0.2, 0) is 47.6 Å². The van der Waals surface area contributed by atoms with Gasteiger partial charge in [-0.15, -0.1) is 0 Å². The van der Waals surface area contributed by atoms with Crippen molar-refractivity contribution in [1.82, 2.24) is 0 Å². The third kappa shape index (κ3) is 5.77. The molecule has 0 aromatic heterocycles. The van der Waals surface area contributed by atoms with Crippen LogP contribution in [0.2, 0.25) is 0 Å². The van der Waals surface area contributed by atoms with E-state index in [1.54, 1.807) is 0 Å². The first-order valence-electron chi connectivity index (χ1n) is 15.6. The van der Waals surface area contributed by atoms with Crippen molar-refractivity contribution >= 4 is 23.9 Å². The zero-order valence-corrected chi connectivity index (χ0v) is 26.2. The molecule has 8 unspecified atom stereocenters. The molecule has 0 radical (unpaired) electrons. The molecule has 4 fully saturated rings. The van der Waals surface area contributed by atoms with E-state index in [-0.39, 0.29) is 16.9 Å². The van der Waals surface area contributed by atoms with Crippen molar-refractivity contribution in [3.63, 3.8) is 0 Å². The molecular weight excluding hydrogens is 556 g/mol. The number of carbonyl (C=O) groups is 4. The second-order valence-electron chi connectivity index (χ2n) is 13.5. The molecule has 43 heavy (non-hydrogen) atoms. The van der Waals surface area contributed by atoms with Crippen LogP contribution in [0.4, 0.5) is 0 Å². The second-order valence-corrected chi connectivity index (χ2v) is 13.5. The highest BCUT2D eigenvalue weighted by Gasteiger charge is 2.59. The van der Waals surface area contributed by atoms with Crippen molar-refractivity contribution in [2.75, 3.05) is 7.11 Å². The van der Waals surface area contributed by atoms with Gasteiger partial charge in [-0.05, 0) is 80.0 Å². The summed E-state index contributed by atoms with van der Waals surface area (Å²) in [7, 11) is 1.17. The summed E-state index contributed by atoms with van der Waals surface area (Å²) < 4.78 is 33.8. The Bertz CT molecular complexity index is 1190. The summed E-state index contributed by atoms with van der Waals surface area (Å²) in [6.45, 7) is 12.8. The molecule has 11 atom stereocenters. The summed E-state index contributed by atoms with van der Waals surface area (Å²) in [5, 5.41) is 0. The van der Waals surface area contributed by atoms with E-state index in [0.717, 1.165) is 32.6 Å². The number of rotatable bonds is 6. The average molecular weight is 603 g/mol. The third-order valence-electron chi connectivity index (χ3n) is 11.2. The molecule has 5 rings (SSSR count). The Kier molecular flexibility index (Phi) is 8.84. The lowest BCUT2D eigenvalue weighted by molar-refractivity contribution is -0.312. The van der Waals surface area contributed by atoms with E-state index in [2.05, 4.69) is 26.5 Å². The lowest BCUT2D eigenvalue weighted by Gasteiger charge is -2.57. The molecule has 0 bridgehead atoms. The van der Waals surface area contributed by atoms with Gasteiger partial charge in [-0.2, -0.15) is 0 Å². The van der Waals surface area contributed by atoms with Gasteiger partial charge >= 0.3 is 23.9 Å². The van der Waals surface area contributed by atoms with Crippen LogP contribution in [0, 0.1) is 28.6 Å².